The monoisotopic (exact) mass is 549 g/mol. The number of furan rings is 1. The molecule has 3 aromatic rings. The molecule has 0 aliphatic carbocycles. The van der Waals surface area contributed by atoms with Crippen molar-refractivity contribution in [2.45, 2.75) is 20.4 Å². The number of carbonyl (C=O) groups is 5. The highest BCUT2D eigenvalue weighted by Crippen LogP contribution is 2.15. The largest absolute Gasteiger partial charge is 0.494 e. The Morgan fingerprint density at radius 1 is 0.775 bits per heavy atom. The van der Waals surface area contributed by atoms with Crippen molar-refractivity contribution in [2.75, 3.05) is 23.8 Å². The van der Waals surface area contributed by atoms with Gasteiger partial charge in [-0.15, -0.1) is 0 Å². The molecule has 40 heavy (non-hydrogen) atoms. The summed E-state index contributed by atoms with van der Waals surface area (Å²) in [4.78, 5) is 59.9. The minimum atomic E-state index is -0.995. The number of rotatable bonds is 10. The van der Waals surface area contributed by atoms with Gasteiger partial charge in [-0.3, -0.25) is 19.2 Å². The van der Waals surface area contributed by atoms with Crippen molar-refractivity contribution < 1.29 is 37.9 Å². The molecule has 4 amide bonds. The van der Waals surface area contributed by atoms with Gasteiger partial charge in [-0.1, -0.05) is 0 Å². The van der Waals surface area contributed by atoms with Crippen LogP contribution >= 0.6 is 0 Å². The average molecular weight is 550 g/mol. The summed E-state index contributed by atoms with van der Waals surface area (Å²) in [7, 11) is 0. The number of carbonyl (C=O) groups excluding carboxylic acids is 5. The molecule has 2 aromatic carbocycles. The molecule has 0 saturated heterocycles. The van der Waals surface area contributed by atoms with Crippen LogP contribution in [0, 0.1) is 0 Å². The van der Waals surface area contributed by atoms with Crippen LogP contribution in [0.3, 0.4) is 0 Å². The minimum Gasteiger partial charge on any atom is -0.494 e. The number of hydrogen-bond donors (Lipinski definition) is 4. The summed E-state index contributed by atoms with van der Waals surface area (Å²) in [6, 6.07) is 15.4. The molecule has 0 radical (unpaired) electrons. The third-order valence-electron chi connectivity index (χ3n) is 4.95. The number of amides is 4. The molecule has 0 spiro atoms. The normalized spacial score (nSPS) is 10.4. The molecule has 1 heterocycles. The second-order valence-corrected chi connectivity index (χ2v) is 7.85. The second-order valence-electron chi connectivity index (χ2n) is 7.85. The van der Waals surface area contributed by atoms with E-state index in [1.165, 1.54) is 42.6 Å². The summed E-state index contributed by atoms with van der Waals surface area (Å²) in [5.74, 6) is -3.06. The Hall–Kier alpha value is -5.46. The van der Waals surface area contributed by atoms with Crippen LogP contribution in [-0.4, -0.2) is 49.0 Å². The summed E-state index contributed by atoms with van der Waals surface area (Å²) in [6.45, 7) is 4.19. The smallest absolute Gasteiger partial charge is 0.338 e. The first-order chi connectivity index (χ1) is 19.3. The van der Waals surface area contributed by atoms with E-state index >= 15 is 0 Å². The van der Waals surface area contributed by atoms with E-state index in [9.17, 15) is 24.0 Å². The van der Waals surface area contributed by atoms with Crippen LogP contribution in [0.25, 0.3) is 0 Å². The molecule has 4 N–H and O–H groups in total. The van der Waals surface area contributed by atoms with E-state index < -0.39 is 29.6 Å². The predicted molar refractivity (Wildman–Crippen MR) is 144 cm³/mol. The number of benzene rings is 2. The van der Waals surface area contributed by atoms with Gasteiger partial charge >= 0.3 is 29.6 Å². The van der Waals surface area contributed by atoms with Crippen molar-refractivity contribution >= 4 is 47.2 Å². The number of hydrogen-bond acceptors (Lipinski definition) is 9. The number of anilines is 2. The first-order valence-corrected chi connectivity index (χ1v) is 12.1. The molecule has 13 heteroatoms. The van der Waals surface area contributed by atoms with Crippen LogP contribution in [0.2, 0.25) is 0 Å². The van der Waals surface area contributed by atoms with Crippen LogP contribution in [0.1, 0.15) is 35.7 Å². The van der Waals surface area contributed by atoms with Gasteiger partial charge in [0.1, 0.15) is 17.3 Å². The topological polar surface area (TPSA) is 177 Å². The molecule has 0 aliphatic heterocycles. The van der Waals surface area contributed by atoms with Gasteiger partial charge in [-0.05, 0) is 74.5 Å². The molecule has 13 nitrogen and oxygen atoms in total. The molecule has 1 aromatic heterocycles. The van der Waals surface area contributed by atoms with Crippen LogP contribution < -0.4 is 26.1 Å². The fourth-order valence-electron chi connectivity index (χ4n) is 3.09. The Balaban J connectivity index is 1.41. The van der Waals surface area contributed by atoms with E-state index in [-0.39, 0.29) is 18.9 Å². The van der Waals surface area contributed by atoms with Gasteiger partial charge in [0.05, 0.1) is 31.5 Å². The zero-order valence-corrected chi connectivity index (χ0v) is 21.7. The highest BCUT2D eigenvalue weighted by molar-refractivity contribution is 6.40. The quantitative estimate of drug-likeness (QED) is 0.129. The van der Waals surface area contributed by atoms with E-state index in [2.05, 4.69) is 26.5 Å². The summed E-state index contributed by atoms with van der Waals surface area (Å²) in [5, 5.41) is 10.9. The number of esters is 1. The van der Waals surface area contributed by atoms with Gasteiger partial charge in [0.2, 0.25) is 0 Å². The first kappa shape index (κ1) is 29.1. The molecular weight excluding hydrogens is 522 g/mol. The fourth-order valence-corrected chi connectivity index (χ4v) is 3.09. The van der Waals surface area contributed by atoms with Crippen molar-refractivity contribution in [2.24, 2.45) is 5.10 Å². The third-order valence-corrected chi connectivity index (χ3v) is 4.95. The number of nitrogens with one attached hydrogen (secondary N) is 4. The van der Waals surface area contributed by atoms with E-state index in [0.29, 0.717) is 35.1 Å². The summed E-state index contributed by atoms with van der Waals surface area (Å²) in [5.41, 5.74) is 3.12. The van der Waals surface area contributed by atoms with Gasteiger partial charge in [0.15, 0.2) is 0 Å². The lowest BCUT2D eigenvalue weighted by Gasteiger charge is -2.07. The third kappa shape index (κ3) is 8.83. The van der Waals surface area contributed by atoms with Crippen molar-refractivity contribution in [1.29, 1.82) is 0 Å². The summed E-state index contributed by atoms with van der Waals surface area (Å²) in [6.07, 6.45) is 1.17. The highest BCUT2D eigenvalue weighted by Gasteiger charge is 2.15. The van der Waals surface area contributed by atoms with Crippen LogP contribution in [-0.2, 0) is 30.5 Å². The zero-order chi connectivity index (χ0) is 28.9. The molecule has 0 saturated carbocycles. The van der Waals surface area contributed by atoms with E-state index in [4.69, 9.17) is 13.9 Å². The van der Waals surface area contributed by atoms with Gasteiger partial charge in [-0.2, -0.15) is 5.10 Å². The van der Waals surface area contributed by atoms with Gasteiger partial charge in [-0.25, -0.2) is 10.2 Å². The van der Waals surface area contributed by atoms with Crippen LogP contribution in [0.15, 0.2) is 70.2 Å². The summed E-state index contributed by atoms with van der Waals surface area (Å²) < 4.78 is 15.7. The molecule has 0 atom stereocenters. The summed E-state index contributed by atoms with van der Waals surface area (Å²) >= 11 is 0. The Morgan fingerprint density at radius 3 is 2.02 bits per heavy atom. The molecular formula is C27H27N5O8. The second kappa shape index (κ2) is 14.5. The maximum Gasteiger partial charge on any atom is 0.338 e. The van der Waals surface area contributed by atoms with Crippen LogP contribution in [0.5, 0.6) is 5.75 Å². The van der Waals surface area contributed by atoms with Crippen molar-refractivity contribution in [3.05, 3.63) is 77.7 Å². The fraction of sp³-hybridized carbons (Fsp3) is 0.185. The molecule has 0 aliphatic rings. The van der Waals surface area contributed by atoms with E-state index in [0.717, 1.165) is 0 Å². The Morgan fingerprint density at radius 2 is 1.40 bits per heavy atom. The zero-order valence-electron chi connectivity index (χ0n) is 21.7. The number of nitrogens with zero attached hydrogens (tertiary/aromatic N) is 1. The van der Waals surface area contributed by atoms with Gasteiger partial charge in [0, 0.05) is 11.4 Å². The first-order valence-electron chi connectivity index (χ1n) is 12.1. The predicted octanol–water partition coefficient (Wildman–Crippen LogP) is 2.20. The maximum atomic E-state index is 12.1. The lowest BCUT2D eigenvalue weighted by Crippen LogP contribution is -2.34. The van der Waals surface area contributed by atoms with Crippen molar-refractivity contribution in [1.82, 2.24) is 10.7 Å². The number of hydrazone groups is 1. The standard InChI is InChI=1S/C27H27N5O8/c1-3-38-20-11-9-19(10-12-20)31-25(35)26(36)32-29-16-22-14-13-21(40-22)15-28-23(33)24(34)30-18-7-5-17(6-8-18)27(37)39-4-2/h5-14,16H,3-4,15H2,1-2H3,(H,28,33)(H,30,34)(H,31,35)(H,32,36)/b29-16+. The Kier molecular flexibility index (Phi) is 10.5. The molecule has 0 fully saturated rings. The highest BCUT2D eigenvalue weighted by atomic mass is 16.5. The Bertz CT molecular complexity index is 1380. The molecule has 0 bridgehead atoms. The molecule has 0 unspecified atom stereocenters. The minimum absolute atomic E-state index is 0.0985. The molecule has 208 valence electrons. The van der Waals surface area contributed by atoms with Crippen molar-refractivity contribution in [3.63, 3.8) is 0 Å². The Labute approximate surface area is 228 Å². The lowest BCUT2D eigenvalue weighted by atomic mass is 10.2. The van der Waals surface area contributed by atoms with Gasteiger partial charge < -0.3 is 29.8 Å². The maximum absolute atomic E-state index is 12.1. The average Bonchev–Trinajstić information content (AvgIpc) is 3.41. The van der Waals surface area contributed by atoms with Crippen molar-refractivity contribution in [3.8, 4) is 5.75 Å². The number of ether oxygens (including phenoxy) is 2. The van der Waals surface area contributed by atoms with E-state index in [1.807, 2.05) is 6.92 Å². The SMILES string of the molecule is CCOC(=O)c1ccc(NC(=O)C(=O)NCc2ccc(/C=N/NC(=O)C(=O)Nc3ccc(OCC)cc3)o2)cc1. The van der Waals surface area contributed by atoms with Gasteiger partial charge in [0.25, 0.3) is 0 Å². The lowest BCUT2D eigenvalue weighted by molar-refractivity contribution is -0.136. The van der Waals surface area contributed by atoms with Crippen LogP contribution in [0.4, 0.5) is 11.4 Å². The van der Waals surface area contributed by atoms with E-state index in [1.54, 1.807) is 31.2 Å². The molecule has 3 rings (SSSR count).